The summed E-state index contributed by atoms with van der Waals surface area (Å²) in [5.74, 6) is 1.23. The Hall–Kier alpha value is -1.35. The Kier molecular flexibility index (Phi) is 5.83. The molecule has 0 spiro atoms. The van der Waals surface area contributed by atoms with Crippen LogP contribution in [-0.2, 0) is 21.1 Å². The number of carbonyl (C=O) groups is 1. The van der Waals surface area contributed by atoms with Gasteiger partial charge in [-0.1, -0.05) is 17.8 Å². The van der Waals surface area contributed by atoms with Crippen LogP contribution in [0.1, 0.15) is 38.5 Å². The van der Waals surface area contributed by atoms with Crippen LogP contribution in [0.3, 0.4) is 0 Å². The number of hydrogen-bond donors (Lipinski definition) is 0. The number of thioether (sulfide) groups is 1. The minimum absolute atomic E-state index is 0.0438. The lowest BCUT2D eigenvalue weighted by atomic mass is 10.1. The molecule has 0 radical (unpaired) electrons. The van der Waals surface area contributed by atoms with Crippen molar-refractivity contribution in [2.45, 2.75) is 44.3 Å². The summed E-state index contributed by atoms with van der Waals surface area (Å²) in [6.45, 7) is 2.64. The van der Waals surface area contributed by atoms with Crippen LogP contribution in [0.25, 0.3) is 0 Å². The fourth-order valence-corrected chi connectivity index (χ4v) is 5.82. The van der Waals surface area contributed by atoms with Gasteiger partial charge in [0, 0.05) is 18.7 Å². The van der Waals surface area contributed by atoms with E-state index < -0.39 is 9.84 Å². The van der Waals surface area contributed by atoms with E-state index in [4.69, 9.17) is 4.42 Å². The summed E-state index contributed by atoms with van der Waals surface area (Å²) in [6.07, 6.45) is 6.36. The zero-order chi connectivity index (χ0) is 17.9. The van der Waals surface area contributed by atoms with E-state index in [9.17, 15) is 13.2 Å². The number of allylic oxidation sites excluding steroid dienone is 2. The third-order valence-corrected chi connectivity index (χ3v) is 7.18. The van der Waals surface area contributed by atoms with Gasteiger partial charge in [-0.3, -0.25) is 4.79 Å². The van der Waals surface area contributed by atoms with Crippen LogP contribution in [0.2, 0.25) is 0 Å². The van der Waals surface area contributed by atoms with E-state index in [1.165, 1.54) is 11.8 Å². The lowest BCUT2D eigenvalue weighted by Gasteiger charge is -2.21. The molecule has 9 heteroatoms. The average Bonchev–Trinajstić information content (AvgIpc) is 3.29. The van der Waals surface area contributed by atoms with Gasteiger partial charge in [0.05, 0.1) is 17.3 Å². The SMILES string of the molecule is CCN(C(=O)CSc1nnc(CC2CCS(=O)(=O)C2)o1)C1=CCCC1. The standard InChI is InChI=1S/C16H23N3O4S2/c1-2-19(13-5-3-4-6-13)15(20)10-24-16-18-17-14(23-16)9-12-7-8-25(21,22)11-12/h5,12H,2-4,6-11H2,1H3. The fraction of sp³-hybridized carbons (Fsp3) is 0.688. The summed E-state index contributed by atoms with van der Waals surface area (Å²) in [5, 5.41) is 8.30. The van der Waals surface area contributed by atoms with E-state index in [-0.39, 0.29) is 29.1 Å². The maximum absolute atomic E-state index is 12.4. The minimum Gasteiger partial charge on any atom is -0.416 e. The van der Waals surface area contributed by atoms with Crippen LogP contribution in [0.15, 0.2) is 21.4 Å². The number of sulfone groups is 1. The highest BCUT2D eigenvalue weighted by Gasteiger charge is 2.29. The molecule has 1 atom stereocenters. The highest BCUT2D eigenvalue weighted by atomic mass is 32.2. The first-order chi connectivity index (χ1) is 12.0. The van der Waals surface area contributed by atoms with E-state index in [2.05, 4.69) is 16.3 Å². The van der Waals surface area contributed by atoms with Crippen LogP contribution in [0.5, 0.6) is 0 Å². The van der Waals surface area contributed by atoms with Crippen molar-refractivity contribution in [2.75, 3.05) is 23.8 Å². The fourth-order valence-electron chi connectivity index (χ4n) is 3.30. The molecule has 7 nitrogen and oxygen atoms in total. The summed E-state index contributed by atoms with van der Waals surface area (Å²) in [4.78, 5) is 14.2. The molecule has 1 amide bonds. The molecule has 2 heterocycles. The monoisotopic (exact) mass is 385 g/mol. The smallest absolute Gasteiger partial charge is 0.277 e. The number of rotatable bonds is 7. The summed E-state index contributed by atoms with van der Waals surface area (Å²) < 4.78 is 28.6. The van der Waals surface area contributed by atoms with Gasteiger partial charge in [0.15, 0.2) is 9.84 Å². The molecule has 1 aliphatic heterocycles. The predicted octanol–water partition coefficient (Wildman–Crippen LogP) is 2.06. The molecule has 0 N–H and O–H groups in total. The normalized spacial score (nSPS) is 22.1. The van der Waals surface area contributed by atoms with Crippen LogP contribution in [0, 0.1) is 5.92 Å². The van der Waals surface area contributed by atoms with Gasteiger partial charge >= 0.3 is 0 Å². The summed E-state index contributed by atoms with van der Waals surface area (Å²) in [7, 11) is -2.90. The van der Waals surface area contributed by atoms with Crippen molar-refractivity contribution in [2.24, 2.45) is 5.92 Å². The van der Waals surface area contributed by atoms with Crippen molar-refractivity contribution in [1.82, 2.24) is 15.1 Å². The molecule has 25 heavy (non-hydrogen) atoms. The lowest BCUT2D eigenvalue weighted by molar-refractivity contribution is -0.126. The first kappa shape index (κ1) is 18.4. The Balaban J connectivity index is 1.50. The van der Waals surface area contributed by atoms with Crippen molar-refractivity contribution < 1.29 is 17.6 Å². The maximum atomic E-state index is 12.4. The highest BCUT2D eigenvalue weighted by molar-refractivity contribution is 7.99. The second-order valence-corrected chi connectivity index (χ2v) is 9.60. The van der Waals surface area contributed by atoms with Crippen LogP contribution in [0.4, 0.5) is 0 Å². The Morgan fingerprint density at radius 2 is 2.28 bits per heavy atom. The Labute approximate surface area is 152 Å². The average molecular weight is 386 g/mol. The molecule has 1 aliphatic carbocycles. The number of nitrogens with zero attached hydrogens (tertiary/aromatic N) is 3. The molecular formula is C16H23N3O4S2. The molecule has 0 saturated carbocycles. The Bertz CT molecular complexity index is 757. The first-order valence-corrected chi connectivity index (χ1v) is 11.4. The topological polar surface area (TPSA) is 93.4 Å². The van der Waals surface area contributed by atoms with E-state index in [1.807, 2.05) is 11.8 Å². The molecule has 3 rings (SSSR count). The molecule has 2 aliphatic rings. The molecule has 138 valence electrons. The Morgan fingerprint density at radius 1 is 1.44 bits per heavy atom. The second-order valence-electron chi connectivity index (χ2n) is 6.45. The van der Waals surface area contributed by atoms with E-state index in [0.29, 0.717) is 30.5 Å². The third-order valence-electron chi connectivity index (χ3n) is 4.54. The van der Waals surface area contributed by atoms with E-state index >= 15 is 0 Å². The van der Waals surface area contributed by atoms with E-state index in [1.54, 1.807) is 0 Å². The molecular weight excluding hydrogens is 362 g/mol. The number of aromatic nitrogens is 2. The van der Waals surface area contributed by atoms with Gasteiger partial charge in [0.25, 0.3) is 5.22 Å². The zero-order valence-corrected chi connectivity index (χ0v) is 15.9. The van der Waals surface area contributed by atoms with E-state index in [0.717, 1.165) is 25.0 Å². The number of hydrogen-bond acceptors (Lipinski definition) is 7. The molecule has 0 bridgehead atoms. The van der Waals surface area contributed by atoms with Gasteiger partial charge in [0.1, 0.15) is 0 Å². The van der Waals surface area contributed by atoms with Crippen LogP contribution < -0.4 is 0 Å². The van der Waals surface area contributed by atoms with Gasteiger partial charge in [-0.05, 0) is 38.5 Å². The van der Waals surface area contributed by atoms with Gasteiger partial charge in [-0.25, -0.2) is 8.42 Å². The van der Waals surface area contributed by atoms with Crippen LogP contribution >= 0.6 is 11.8 Å². The molecule has 0 aromatic carbocycles. The van der Waals surface area contributed by atoms with Crippen molar-refractivity contribution in [3.05, 3.63) is 17.7 Å². The lowest BCUT2D eigenvalue weighted by Crippen LogP contribution is -2.31. The Morgan fingerprint density at radius 3 is 2.92 bits per heavy atom. The predicted molar refractivity (Wildman–Crippen MR) is 94.8 cm³/mol. The largest absolute Gasteiger partial charge is 0.416 e. The molecule has 1 fully saturated rings. The summed E-state index contributed by atoms with van der Waals surface area (Å²) >= 11 is 1.23. The molecule has 1 saturated heterocycles. The number of carbonyl (C=O) groups excluding carboxylic acids is 1. The van der Waals surface area contributed by atoms with Gasteiger partial charge in [0.2, 0.25) is 11.8 Å². The second kappa shape index (κ2) is 7.90. The van der Waals surface area contributed by atoms with Gasteiger partial charge < -0.3 is 9.32 Å². The van der Waals surface area contributed by atoms with Crippen molar-refractivity contribution in [1.29, 1.82) is 0 Å². The minimum atomic E-state index is -2.90. The zero-order valence-electron chi connectivity index (χ0n) is 14.3. The van der Waals surface area contributed by atoms with Crippen molar-refractivity contribution in [3.8, 4) is 0 Å². The first-order valence-electron chi connectivity index (χ1n) is 8.62. The molecule has 1 unspecified atom stereocenters. The van der Waals surface area contributed by atoms with Gasteiger partial charge in [-0.2, -0.15) is 0 Å². The van der Waals surface area contributed by atoms with Crippen molar-refractivity contribution in [3.63, 3.8) is 0 Å². The summed E-state index contributed by atoms with van der Waals surface area (Å²) in [6, 6.07) is 0. The van der Waals surface area contributed by atoms with Gasteiger partial charge in [-0.15, -0.1) is 10.2 Å². The third kappa shape index (κ3) is 4.84. The summed E-state index contributed by atoms with van der Waals surface area (Å²) in [5.41, 5.74) is 1.11. The maximum Gasteiger partial charge on any atom is 0.277 e. The molecule has 1 aromatic heterocycles. The molecule has 1 aromatic rings. The number of amides is 1. The highest BCUT2D eigenvalue weighted by Crippen LogP contribution is 2.25. The van der Waals surface area contributed by atoms with Crippen molar-refractivity contribution >= 4 is 27.5 Å². The van der Waals surface area contributed by atoms with Crippen LogP contribution in [-0.4, -0.2) is 53.2 Å². The quantitative estimate of drug-likeness (QED) is 0.663.